The van der Waals surface area contributed by atoms with Crippen LogP contribution in [0.2, 0.25) is 0 Å². The monoisotopic (exact) mass is 363 g/mol. The Morgan fingerprint density at radius 3 is 2.88 bits per heavy atom. The van der Waals surface area contributed by atoms with E-state index in [4.69, 9.17) is 0 Å². The van der Waals surface area contributed by atoms with E-state index in [-0.39, 0.29) is 23.7 Å². The lowest BCUT2D eigenvalue weighted by Gasteiger charge is -2.34. The molecular formula is C18H22FN3O2S. The minimum Gasteiger partial charge on any atom is -0.350 e. The standard InChI is InChI=1S/C18H22FN3O2S/c19-13-5-3-12(4-6-13)18-8-7-16(23)22(18)15(11-25-18)17(24)21-14-2-1-9-20-10-14/h3-6,14-15,20H,1-2,7-11H2,(H,21,24)/t14-,15?,18?/m0/s1. The van der Waals surface area contributed by atoms with Crippen molar-refractivity contribution < 1.29 is 14.0 Å². The number of nitrogens with zero attached hydrogens (tertiary/aromatic N) is 1. The molecule has 7 heteroatoms. The lowest BCUT2D eigenvalue weighted by atomic mass is 10.0. The fourth-order valence-corrected chi connectivity index (χ4v) is 5.77. The van der Waals surface area contributed by atoms with Crippen LogP contribution in [0.3, 0.4) is 0 Å². The van der Waals surface area contributed by atoms with Gasteiger partial charge in [-0.1, -0.05) is 12.1 Å². The summed E-state index contributed by atoms with van der Waals surface area (Å²) in [4.78, 5) is 26.6. The topological polar surface area (TPSA) is 61.4 Å². The Morgan fingerprint density at radius 2 is 2.16 bits per heavy atom. The first-order chi connectivity index (χ1) is 12.1. The third kappa shape index (κ3) is 2.93. The van der Waals surface area contributed by atoms with Crippen molar-refractivity contribution in [3.05, 3.63) is 35.6 Å². The van der Waals surface area contributed by atoms with Crippen molar-refractivity contribution in [1.82, 2.24) is 15.5 Å². The van der Waals surface area contributed by atoms with Crippen molar-refractivity contribution in [2.24, 2.45) is 0 Å². The van der Waals surface area contributed by atoms with Gasteiger partial charge in [0, 0.05) is 24.8 Å². The quantitative estimate of drug-likeness (QED) is 0.856. The Hall–Kier alpha value is -1.60. The van der Waals surface area contributed by atoms with E-state index in [1.54, 1.807) is 28.8 Å². The molecule has 2 unspecified atom stereocenters. The number of amides is 2. The predicted octanol–water partition coefficient (Wildman–Crippen LogP) is 1.58. The Bertz CT molecular complexity index is 677. The second-order valence-electron chi connectivity index (χ2n) is 6.93. The lowest BCUT2D eigenvalue weighted by Crippen LogP contribution is -2.54. The summed E-state index contributed by atoms with van der Waals surface area (Å²) in [5.74, 6) is 0.226. The number of carbonyl (C=O) groups excluding carboxylic acids is 2. The van der Waals surface area contributed by atoms with Gasteiger partial charge in [0.25, 0.3) is 0 Å². The van der Waals surface area contributed by atoms with Gasteiger partial charge in [-0.2, -0.15) is 0 Å². The molecule has 3 saturated heterocycles. The van der Waals surface area contributed by atoms with Gasteiger partial charge in [-0.15, -0.1) is 11.8 Å². The molecule has 25 heavy (non-hydrogen) atoms. The number of thioether (sulfide) groups is 1. The summed E-state index contributed by atoms with van der Waals surface area (Å²) in [6, 6.07) is 5.99. The van der Waals surface area contributed by atoms with Gasteiger partial charge in [0.2, 0.25) is 11.8 Å². The Morgan fingerprint density at radius 1 is 1.36 bits per heavy atom. The SMILES string of the molecule is O=C(N[C@H]1CCCNC1)C1CSC2(c3ccc(F)cc3)CCC(=O)N12. The third-order valence-electron chi connectivity index (χ3n) is 5.37. The van der Waals surface area contributed by atoms with Crippen LogP contribution in [0.1, 0.15) is 31.2 Å². The number of halogens is 1. The van der Waals surface area contributed by atoms with Crippen molar-refractivity contribution in [2.75, 3.05) is 18.8 Å². The highest BCUT2D eigenvalue weighted by Gasteiger charge is 2.56. The summed E-state index contributed by atoms with van der Waals surface area (Å²) >= 11 is 1.63. The van der Waals surface area contributed by atoms with Gasteiger partial charge in [-0.25, -0.2) is 4.39 Å². The minimum absolute atomic E-state index is 0.0104. The molecule has 0 bridgehead atoms. The molecule has 2 N–H and O–H groups in total. The number of hydrogen-bond acceptors (Lipinski definition) is 4. The van der Waals surface area contributed by atoms with E-state index in [0.717, 1.165) is 31.5 Å². The van der Waals surface area contributed by atoms with Crippen LogP contribution < -0.4 is 10.6 Å². The molecule has 1 aromatic rings. The zero-order valence-electron chi connectivity index (χ0n) is 14.0. The first-order valence-corrected chi connectivity index (χ1v) is 9.82. The van der Waals surface area contributed by atoms with Crippen LogP contribution in [0.4, 0.5) is 4.39 Å². The van der Waals surface area contributed by atoms with Crippen LogP contribution >= 0.6 is 11.8 Å². The minimum atomic E-state index is -0.530. The molecule has 3 heterocycles. The van der Waals surface area contributed by atoms with Crippen molar-refractivity contribution in [2.45, 2.75) is 42.6 Å². The van der Waals surface area contributed by atoms with Gasteiger partial charge in [0.15, 0.2) is 0 Å². The van der Waals surface area contributed by atoms with E-state index < -0.39 is 10.9 Å². The molecule has 0 spiro atoms. The third-order valence-corrected chi connectivity index (χ3v) is 6.96. The number of benzene rings is 1. The first kappa shape index (κ1) is 16.8. The molecule has 0 aromatic heterocycles. The average Bonchev–Trinajstić information content (AvgIpc) is 3.16. The van der Waals surface area contributed by atoms with E-state index in [9.17, 15) is 14.0 Å². The first-order valence-electron chi connectivity index (χ1n) is 8.83. The average molecular weight is 363 g/mol. The maximum Gasteiger partial charge on any atom is 0.243 e. The molecule has 3 fully saturated rings. The van der Waals surface area contributed by atoms with E-state index in [1.165, 1.54) is 12.1 Å². The van der Waals surface area contributed by atoms with Crippen LogP contribution in [0, 0.1) is 5.82 Å². The number of carbonyl (C=O) groups is 2. The molecule has 134 valence electrons. The van der Waals surface area contributed by atoms with E-state index >= 15 is 0 Å². The number of piperidine rings is 1. The lowest BCUT2D eigenvalue weighted by molar-refractivity contribution is -0.138. The van der Waals surface area contributed by atoms with Crippen LogP contribution in [0.25, 0.3) is 0 Å². The summed E-state index contributed by atoms with van der Waals surface area (Å²) in [5, 5.41) is 6.39. The maximum atomic E-state index is 13.3. The highest BCUT2D eigenvalue weighted by atomic mass is 32.2. The maximum absolute atomic E-state index is 13.3. The number of rotatable bonds is 3. The molecular weight excluding hydrogens is 341 g/mol. The molecule has 2 amide bonds. The second kappa shape index (κ2) is 6.61. The van der Waals surface area contributed by atoms with Gasteiger partial charge < -0.3 is 15.5 Å². The fourth-order valence-electron chi connectivity index (χ4n) is 4.12. The Balaban J connectivity index is 1.56. The van der Waals surface area contributed by atoms with Gasteiger partial charge in [0.05, 0.1) is 0 Å². The summed E-state index contributed by atoms with van der Waals surface area (Å²) in [6.07, 6.45) is 3.11. The van der Waals surface area contributed by atoms with Gasteiger partial charge in [0.1, 0.15) is 16.7 Å². The number of hydrogen-bond donors (Lipinski definition) is 2. The van der Waals surface area contributed by atoms with Crippen molar-refractivity contribution in [1.29, 1.82) is 0 Å². The van der Waals surface area contributed by atoms with Crippen molar-refractivity contribution in [3.63, 3.8) is 0 Å². The summed E-state index contributed by atoms with van der Waals surface area (Å²) < 4.78 is 13.3. The van der Waals surface area contributed by atoms with E-state index in [0.29, 0.717) is 18.6 Å². The van der Waals surface area contributed by atoms with Gasteiger partial charge in [-0.05, 0) is 43.5 Å². The molecule has 4 rings (SSSR count). The fraction of sp³-hybridized carbons (Fsp3) is 0.556. The number of fused-ring (bicyclic) bond motifs is 1. The van der Waals surface area contributed by atoms with Crippen LogP contribution in [-0.4, -0.2) is 47.6 Å². The van der Waals surface area contributed by atoms with Crippen LogP contribution in [0.5, 0.6) is 0 Å². The molecule has 1 aromatic carbocycles. The second-order valence-corrected chi connectivity index (χ2v) is 8.23. The molecule has 0 radical (unpaired) electrons. The molecule has 3 aliphatic heterocycles. The van der Waals surface area contributed by atoms with Crippen LogP contribution in [-0.2, 0) is 14.5 Å². The molecule has 3 atom stereocenters. The Kier molecular flexibility index (Phi) is 4.45. The highest BCUT2D eigenvalue weighted by molar-refractivity contribution is 8.00. The van der Waals surface area contributed by atoms with Gasteiger partial charge in [-0.3, -0.25) is 9.59 Å². The van der Waals surface area contributed by atoms with Gasteiger partial charge >= 0.3 is 0 Å². The van der Waals surface area contributed by atoms with E-state index in [1.807, 2.05) is 0 Å². The van der Waals surface area contributed by atoms with Crippen molar-refractivity contribution in [3.8, 4) is 0 Å². The Labute approximate surface area is 150 Å². The molecule has 0 aliphatic carbocycles. The molecule has 0 saturated carbocycles. The zero-order chi connectivity index (χ0) is 17.4. The highest BCUT2D eigenvalue weighted by Crippen LogP contribution is 2.54. The molecule has 3 aliphatic rings. The summed E-state index contributed by atoms with van der Waals surface area (Å²) in [5.41, 5.74) is 0.902. The summed E-state index contributed by atoms with van der Waals surface area (Å²) in [7, 11) is 0. The smallest absolute Gasteiger partial charge is 0.243 e. The zero-order valence-corrected chi connectivity index (χ0v) is 14.8. The largest absolute Gasteiger partial charge is 0.350 e. The number of nitrogens with one attached hydrogen (secondary N) is 2. The van der Waals surface area contributed by atoms with Crippen LogP contribution in [0.15, 0.2) is 24.3 Å². The normalized spacial score (nSPS) is 31.9. The predicted molar refractivity (Wildman–Crippen MR) is 94.4 cm³/mol. The summed E-state index contributed by atoms with van der Waals surface area (Å²) in [6.45, 7) is 1.77. The molecule has 5 nitrogen and oxygen atoms in total. The van der Waals surface area contributed by atoms with E-state index in [2.05, 4.69) is 10.6 Å². The van der Waals surface area contributed by atoms with Crippen molar-refractivity contribution >= 4 is 23.6 Å².